The number of nitrogens with zero attached hydrogens (tertiary/aromatic N) is 3. The number of hydrogen-bond acceptors (Lipinski definition) is 5. The third-order valence-electron chi connectivity index (χ3n) is 2.96. The lowest BCUT2D eigenvalue weighted by Gasteiger charge is -2.25. The second kappa shape index (κ2) is 4.69. The Bertz CT molecular complexity index is 707. The van der Waals surface area contributed by atoms with Crippen molar-refractivity contribution in [1.29, 1.82) is 0 Å². The van der Waals surface area contributed by atoms with Gasteiger partial charge in [0.1, 0.15) is 18.6 Å². The summed E-state index contributed by atoms with van der Waals surface area (Å²) in [6, 6.07) is 5.04. The Kier molecular flexibility index (Phi) is 2.86. The molecule has 1 aliphatic rings. The van der Waals surface area contributed by atoms with Crippen LogP contribution in [-0.4, -0.2) is 45.7 Å². The zero-order chi connectivity index (χ0) is 14.1. The molecule has 0 spiro atoms. The van der Waals surface area contributed by atoms with Crippen LogP contribution in [0.2, 0.25) is 0 Å². The molecule has 2 aromatic rings. The Morgan fingerprint density at radius 3 is 2.55 bits per heavy atom. The normalized spacial score (nSPS) is 15.3. The van der Waals surface area contributed by atoms with Gasteiger partial charge in [0.05, 0.1) is 11.1 Å². The van der Waals surface area contributed by atoms with Crippen LogP contribution in [0, 0.1) is 0 Å². The van der Waals surface area contributed by atoms with E-state index in [1.54, 1.807) is 18.2 Å². The highest BCUT2D eigenvalue weighted by Crippen LogP contribution is 2.16. The van der Waals surface area contributed by atoms with Gasteiger partial charge in [-0.1, -0.05) is 6.07 Å². The van der Waals surface area contributed by atoms with Gasteiger partial charge in [-0.2, -0.15) is 0 Å². The van der Waals surface area contributed by atoms with Gasteiger partial charge in [0, 0.05) is 12.4 Å². The van der Waals surface area contributed by atoms with Crippen LogP contribution < -0.4 is 5.32 Å². The lowest BCUT2D eigenvalue weighted by molar-refractivity contribution is -0.135. The monoisotopic (exact) mass is 270 g/mol. The van der Waals surface area contributed by atoms with Gasteiger partial charge in [-0.15, -0.1) is 0 Å². The summed E-state index contributed by atoms with van der Waals surface area (Å²) in [5.74, 6) is -1.37. The van der Waals surface area contributed by atoms with Crippen molar-refractivity contribution in [3.05, 3.63) is 36.2 Å². The van der Waals surface area contributed by atoms with Gasteiger partial charge >= 0.3 is 0 Å². The highest BCUT2D eigenvalue weighted by Gasteiger charge is 2.28. The molecule has 0 atom stereocenters. The Hall–Kier alpha value is -2.83. The quantitative estimate of drug-likeness (QED) is 0.720. The van der Waals surface area contributed by atoms with E-state index in [9.17, 15) is 14.4 Å². The highest BCUT2D eigenvalue weighted by atomic mass is 16.2. The number of fused-ring (bicyclic) bond motifs is 1. The molecule has 0 unspecified atom stereocenters. The van der Waals surface area contributed by atoms with E-state index >= 15 is 0 Å². The molecule has 1 saturated heterocycles. The highest BCUT2D eigenvalue weighted by molar-refractivity contribution is 6.09. The molecule has 1 N–H and O–H groups in total. The standard InChI is InChI=1S/C13H10N4O3/c18-10-6-17(7-11(19)16-10)13(20)8-2-1-3-9-12(8)15-5-4-14-9/h1-5H,6-7H2,(H,16,18,19). The predicted molar refractivity (Wildman–Crippen MR) is 68.6 cm³/mol. The lowest BCUT2D eigenvalue weighted by Crippen LogP contribution is -2.53. The fraction of sp³-hybridized carbons (Fsp3) is 0.154. The van der Waals surface area contributed by atoms with Crippen LogP contribution in [-0.2, 0) is 9.59 Å². The molecule has 1 aromatic heterocycles. The number of rotatable bonds is 1. The van der Waals surface area contributed by atoms with Crippen molar-refractivity contribution in [1.82, 2.24) is 20.2 Å². The average Bonchev–Trinajstić information content (AvgIpc) is 2.45. The number of carbonyl (C=O) groups is 3. The molecular formula is C13H10N4O3. The van der Waals surface area contributed by atoms with E-state index in [0.29, 0.717) is 16.6 Å². The minimum atomic E-state index is -0.485. The van der Waals surface area contributed by atoms with Crippen molar-refractivity contribution in [3.63, 3.8) is 0 Å². The SMILES string of the molecule is O=C1CN(C(=O)c2cccc3nccnc23)CC(=O)N1. The summed E-state index contributed by atoms with van der Waals surface area (Å²) in [5, 5.41) is 2.15. The van der Waals surface area contributed by atoms with Crippen molar-refractivity contribution >= 4 is 28.8 Å². The molecule has 0 saturated carbocycles. The van der Waals surface area contributed by atoms with Crippen LogP contribution in [0.25, 0.3) is 11.0 Å². The lowest BCUT2D eigenvalue weighted by atomic mass is 10.1. The van der Waals surface area contributed by atoms with Crippen LogP contribution in [0.5, 0.6) is 0 Å². The first-order valence-corrected chi connectivity index (χ1v) is 5.97. The second-order valence-corrected chi connectivity index (χ2v) is 4.36. The fourth-order valence-corrected chi connectivity index (χ4v) is 2.12. The number of benzene rings is 1. The summed E-state index contributed by atoms with van der Waals surface area (Å²) in [4.78, 5) is 44.5. The van der Waals surface area contributed by atoms with Crippen LogP contribution in [0.3, 0.4) is 0 Å². The van der Waals surface area contributed by atoms with E-state index < -0.39 is 17.7 Å². The van der Waals surface area contributed by atoms with E-state index in [4.69, 9.17) is 0 Å². The molecule has 20 heavy (non-hydrogen) atoms. The number of hydrogen-bond donors (Lipinski definition) is 1. The molecule has 1 aromatic carbocycles. The molecule has 7 nitrogen and oxygen atoms in total. The molecule has 0 bridgehead atoms. The molecule has 1 fully saturated rings. The summed E-state index contributed by atoms with van der Waals surface area (Å²) >= 11 is 0. The smallest absolute Gasteiger partial charge is 0.257 e. The molecule has 2 heterocycles. The molecular weight excluding hydrogens is 260 g/mol. The molecule has 0 radical (unpaired) electrons. The first kappa shape index (κ1) is 12.2. The number of imide groups is 1. The van der Waals surface area contributed by atoms with Crippen molar-refractivity contribution in [2.75, 3.05) is 13.1 Å². The minimum absolute atomic E-state index is 0.138. The van der Waals surface area contributed by atoms with E-state index in [1.807, 2.05) is 0 Å². The second-order valence-electron chi connectivity index (χ2n) is 4.36. The fourth-order valence-electron chi connectivity index (χ4n) is 2.12. The number of piperazine rings is 1. The number of para-hydroxylation sites is 1. The van der Waals surface area contributed by atoms with Gasteiger partial charge < -0.3 is 4.90 Å². The number of nitrogens with one attached hydrogen (secondary N) is 1. The van der Waals surface area contributed by atoms with Gasteiger partial charge in [0.15, 0.2) is 0 Å². The first-order chi connectivity index (χ1) is 9.65. The first-order valence-electron chi connectivity index (χ1n) is 5.97. The van der Waals surface area contributed by atoms with E-state index in [-0.39, 0.29) is 13.1 Å². The maximum Gasteiger partial charge on any atom is 0.257 e. The van der Waals surface area contributed by atoms with Crippen LogP contribution in [0.15, 0.2) is 30.6 Å². The Morgan fingerprint density at radius 2 is 1.80 bits per heavy atom. The van der Waals surface area contributed by atoms with Gasteiger partial charge in [0.2, 0.25) is 11.8 Å². The van der Waals surface area contributed by atoms with Crippen LogP contribution in [0.4, 0.5) is 0 Å². The molecule has 3 rings (SSSR count). The summed E-state index contributed by atoms with van der Waals surface area (Å²) in [6.07, 6.45) is 3.03. The number of amides is 3. The summed E-state index contributed by atoms with van der Waals surface area (Å²) in [6.45, 7) is -0.275. The van der Waals surface area contributed by atoms with Gasteiger partial charge in [-0.05, 0) is 12.1 Å². The Balaban J connectivity index is 2.00. The zero-order valence-corrected chi connectivity index (χ0v) is 10.4. The molecule has 1 aliphatic heterocycles. The van der Waals surface area contributed by atoms with Crippen molar-refractivity contribution in [3.8, 4) is 0 Å². The third kappa shape index (κ3) is 2.09. The van der Waals surface area contributed by atoms with Gasteiger partial charge in [0.25, 0.3) is 5.91 Å². The van der Waals surface area contributed by atoms with Crippen LogP contribution in [0.1, 0.15) is 10.4 Å². The third-order valence-corrected chi connectivity index (χ3v) is 2.96. The summed E-state index contributed by atoms with van der Waals surface area (Å²) in [7, 11) is 0. The molecule has 3 amide bonds. The van der Waals surface area contributed by atoms with E-state index in [1.165, 1.54) is 17.3 Å². The maximum absolute atomic E-state index is 12.4. The molecule has 0 aliphatic carbocycles. The van der Waals surface area contributed by atoms with Crippen LogP contribution >= 0.6 is 0 Å². The maximum atomic E-state index is 12.4. The van der Waals surface area contributed by atoms with Gasteiger partial charge in [-0.3, -0.25) is 29.7 Å². The molecule has 100 valence electrons. The average molecular weight is 270 g/mol. The van der Waals surface area contributed by atoms with Crippen molar-refractivity contribution in [2.45, 2.75) is 0 Å². The van der Waals surface area contributed by atoms with E-state index in [2.05, 4.69) is 15.3 Å². The topological polar surface area (TPSA) is 92.3 Å². The van der Waals surface area contributed by atoms with Crippen molar-refractivity contribution in [2.24, 2.45) is 0 Å². The Labute approximate surface area is 113 Å². The van der Waals surface area contributed by atoms with Gasteiger partial charge in [-0.25, -0.2) is 0 Å². The zero-order valence-electron chi connectivity index (χ0n) is 10.4. The van der Waals surface area contributed by atoms with E-state index in [0.717, 1.165) is 0 Å². The minimum Gasteiger partial charge on any atom is -0.320 e. The predicted octanol–water partition coefficient (Wildman–Crippen LogP) is -0.272. The largest absolute Gasteiger partial charge is 0.320 e. The Morgan fingerprint density at radius 1 is 1.10 bits per heavy atom. The molecule has 7 heteroatoms. The number of carbonyl (C=O) groups excluding carboxylic acids is 3. The summed E-state index contributed by atoms with van der Waals surface area (Å²) < 4.78 is 0. The van der Waals surface area contributed by atoms with Crippen molar-refractivity contribution < 1.29 is 14.4 Å². The summed E-state index contributed by atoms with van der Waals surface area (Å²) in [5.41, 5.74) is 1.38. The number of aromatic nitrogens is 2.